The molecule has 1 N–H and O–H groups in total. The Morgan fingerprint density at radius 2 is 2.25 bits per heavy atom. The van der Waals surface area contributed by atoms with Crippen molar-refractivity contribution in [3.05, 3.63) is 18.0 Å². The van der Waals surface area contributed by atoms with E-state index in [4.69, 9.17) is 4.74 Å². The Morgan fingerprint density at radius 3 is 3.00 bits per heavy atom. The lowest BCUT2D eigenvalue weighted by Gasteiger charge is -2.43. The van der Waals surface area contributed by atoms with Crippen LogP contribution in [0.5, 0.6) is 0 Å². The van der Waals surface area contributed by atoms with Gasteiger partial charge in [-0.1, -0.05) is 19.3 Å². The summed E-state index contributed by atoms with van der Waals surface area (Å²) in [5.41, 5.74) is 1.44. The number of hydrogen-bond acceptors (Lipinski definition) is 3. The van der Waals surface area contributed by atoms with E-state index in [0.29, 0.717) is 6.04 Å². The predicted octanol–water partition coefficient (Wildman–Crippen LogP) is 2.66. The second kappa shape index (κ2) is 6.27. The van der Waals surface area contributed by atoms with Gasteiger partial charge in [0.05, 0.1) is 18.3 Å². The van der Waals surface area contributed by atoms with Crippen molar-refractivity contribution in [1.82, 2.24) is 15.1 Å². The monoisotopic (exact) mass is 277 g/mol. The topological polar surface area (TPSA) is 39.1 Å². The van der Waals surface area contributed by atoms with Crippen LogP contribution < -0.4 is 5.32 Å². The van der Waals surface area contributed by atoms with Gasteiger partial charge in [-0.05, 0) is 38.2 Å². The van der Waals surface area contributed by atoms with Gasteiger partial charge in [0.2, 0.25) is 0 Å². The number of nitrogens with zero attached hydrogens (tertiary/aromatic N) is 2. The van der Waals surface area contributed by atoms with Gasteiger partial charge in [0.1, 0.15) is 0 Å². The predicted molar refractivity (Wildman–Crippen MR) is 79.8 cm³/mol. The Morgan fingerprint density at radius 1 is 1.40 bits per heavy atom. The van der Waals surface area contributed by atoms with Crippen molar-refractivity contribution in [2.45, 2.75) is 70.1 Å². The van der Waals surface area contributed by atoms with Crippen LogP contribution in [0.1, 0.15) is 50.5 Å². The molecule has 2 aliphatic rings. The molecule has 1 saturated heterocycles. The zero-order chi connectivity index (χ0) is 13.8. The van der Waals surface area contributed by atoms with E-state index in [1.54, 1.807) is 0 Å². The van der Waals surface area contributed by atoms with E-state index >= 15 is 0 Å². The van der Waals surface area contributed by atoms with Gasteiger partial charge in [0, 0.05) is 25.4 Å². The van der Waals surface area contributed by atoms with Crippen molar-refractivity contribution in [1.29, 1.82) is 0 Å². The molecule has 1 atom stereocenters. The highest BCUT2D eigenvalue weighted by Gasteiger charge is 2.38. The van der Waals surface area contributed by atoms with Crippen LogP contribution in [-0.2, 0) is 11.3 Å². The van der Waals surface area contributed by atoms with Crippen molar-refractivity contribution in [2.24, 2.45) is 0 Å². The standard InChI is InChI=1S/C16H27N3O/c1-14-12-18-19(13-14)9-8-17-15-5-10-20-16(11-15)6-3-2-4-7-16/h12-13,15,17H,2-11H2,1H3. The van der Waals surface area contributed by atoms with Crippen LogP contribution in [0.3, 0.4) is 0 Å². The van der Waals surface area contributed by atoms with E-state index in [0.717, 1.165) is 26.1 Å². The maximum Gasteiger partial charge on any atom is 0.0697 e. The molecule has 0 radical (unpaired) electrons. The second-order valence-corrected chi connectivity index (χ2v) is 6.52. The van der Waals surface area contributed by atoms with Gasteiger partial charge in [0.15, 0.2) is 0 Å². The van der Waals surface area contributed by atoms with Crippen LogP contribution in [0.15, 0.2) is 12.4 Å². The summed E-state index contributed by atoms with van der Waals surface area (Å²) >= 11 is 0. The molecule has 1 aromatic rings. The summed E-state index contributed by atoms with van der Waals surface area (Å²) in [5, 5.41) is 8.04. The highest BCUT2D eigenvalue weighted by molar-refractivity contribution is 4.99. The number of nitrogens with one attached hydrogen (secondary N) is 1. The molecule has 1 aliphatic carbocycles. The lowest BCUT2D eigenvalue weighted by Crippen LogP contribution is -2.48. The highest BCUT2D eigenvalue weighted by atomic mass is 16.5. The van der Waals surface area contributed by atoms with Crippen molar-refractivity contribution in [3.63, 3.8) is 0 Å². The molecule has 112 valence electrons. The summed E-state index contributed by atoms with van der Waals surface area (Å²) in [5.74, 6) is 0. The normalized spacial score (nSPS) is 25.9. The molecule has 1 saturated carbocycles. The quantitative estimate of drug-likeness (QED) is 0.919. The SMILES string of the molecule is Cc1cnn(CCNC2CCOC3(CCCCC3)C2)c1. The van der Waals surface area contributed by atoms with Gasteiger partial charge >= 0.3 is 0 Å². The van der Waals surface area contributed by atoms with Gasteiger partial charge < -0.3 is 10.1 Å². The largest absolute Gasteiger partial charge is 0.375 e. The summed E-state index contributed by atoms with van der Waals surface area (Å²) in [4.78, 5) is 0. The molecule has 2 fully saturated rings. The summed E-state index contributed by atoms with van der Waals surface area (Å²) in [6.45, 7) is 4.97. The first kappa shape index (κ1) is 14.1. The maximum absolute atomic E-state index is 6.15. The molecule has 0 amide bonds. The molecule has 0 aromatic carbocycles. The van der Waals surface area contributed by atoms with Crippen LogP contribution in [0.25, 0.3) is 0 Å². The average Bonchev–Trinajstić information content (AvgIpc) is 2.86. The summed E-state index contributed by atoms with van der Waals surface area (Å²) in [6.07, 6.45) is 13.0. The van der Waals surface area contributed by atoms with Crippen LogP contribution in [0.4, 0.5) is 0 Å². The first-order chi connectivity index (χ1) is 9.76. The molecule has 1 unspecified atom stereocenters. The van der Waals surface area contributed by atoms with E-state index in [1.807, 2.05) is 10.9 Å². The first-order valence-electron chi connectivity index (χ1n) is 8.12. The van der Waals surface area contributed by atoms with Gasteiger partial charge in [0.25, 0.3) is 0 Å². The summed E-state index contributed by atoms with van der Waals surface area (Å²) < 4.78 is 8.17. The van der Waals surface area contributed by atoms with Crippen molar-refractivity contribution < 1.29 is 4.74 Å². The Bertz CT molecular complexity index is 418. The molecular formula is C16H27N3O. The van der Waals surface area contributed by atoms with Gasteiger partial charge in [-0.2, -0.15) is 5.10 Å². The number of ether oxygens (including phenoxy) is 1. The minimum atomic E-state index is 0.205. The van der Waals surface area contributed by atoms with E-state index in [9.17, 15) is 0 Å². The maximum atomic E-state index is 6.15. The fourth-order valence-corrected chi connectivity index (χ4v) is 3.72. The van der Waals surface area contributed by atoms with E-state index in [1.165, 1.54) is 44.1 Å². The number of aryl methyl sites for hydroxylation is 1. The summed E-state index contributed by atoms with van der Waals surface area (Å²) in [7, 11) is 0. The van der Waals surface area contributed by atoms with Gasteiger partial charge in [-0.25, -0.2) is 0 Å². The number of hydrogen-bond donors (Lipinski definition) is 1. The smallest absolute Gasteiger partial charge is 0.0697 e. The Kier molecular flexibility index (Phi) is 4.41. The minimum Gasteiger partial charge on any atom is -0.375 e. The van der Waals surface area contributed by atoms with Crippen LogP contribution in [0, 0.1) is 6.92 Å². The lowest BCUT2D eigenvalue weighted by molar-refractivity contribution is -0.109. The molecular weight excluding hydrogens is 250 g/mol. The third-order valence-corrected chi connectivity index (χ3v) is 4.79. The third-order valence-electron chi connectivity index (χ3n) is 4.79. The zero-order valence-corrected chi connectivity index (χ0v) is 12.6. The van der Waals surface area contributed by atoms with Crippen LogP contribution >= 0.6 is 0 Å². The second-order valence-electron chi connectivity index (χ2n) is 6.52. The van der Waals surface area contributed by atoms with Crippen molar-refractivity contribution >= 4 is 0 Å². The van der Waals surface area contributed by atoms with Gasteiger partial charge in [-0.15, -0.1) is 0 Å². The Hall–Kier alpha value is -0.870. The van der Waals surface area contributed by atoms with Crippen LogP contribution in [-0.4, -0.2) is 34.6 Å². The number of rotatable bonds is 4. The lowest BCUT2D eigenvalue weighted by atomic mass is 9.78. The third kappa shape index (κ3) is 3.41. The van der Waals surface area contributed by atoms with E-state index in [2.05, 4.69) is 23.5 Å². The fourth-order valence-electron chi connectivity index (χ4n) is 3.72. The molecule has 1 aromatic heterocycles. The highest BCUT2D eigenvalue weighted by Crippen LogP contribution is 2.38. The molecule has 20 heavy (non-hydrogen) atoms. The first-order valence-corrected chi connectivity index (χ1v) is 8.12. The molecule has 4 nitrogen and oxygen atoms in total. The number of aromatic nitrogens is 2. The molecule has 3 rings (SSSR count). The molecule has 1 aliphatic heterocycles. The average molecular weight is 277 g/mol. The van der Waals surface area contributed by atoms with Crippen LogP contribution in [0.2, 0.25) is 0 Å². The van der Waals surface area contributed by atoms with Crippen molar-refractivity contribution in [3.8, 4) is 0 Å². The van der Waals surface area contributed by atoms with Crippen molar-refractivity contribution in [2.75, 3.05) is 13.2 Å². The summed E-state index contributed by atoms with van der Waals surface area (Å²) in [6, 6.07) is 0.624. The molecule has 0 bridgehead atoms. The molecule has 2 heterocycles. The zero-order valence-electron chi connectivity index (χ0n) is 12.6. The molecule has 4 heteroatoms. The van der Waals surface area contributed by atoms with Gasteiger partial charge in [-0.3, -0.25) is 4.68 Å². The van der Waals surface area contributed by atoms with E-state index < -0.39 is 0 Å². The minimum absolute atomic E-state index is 0.205. The fraction of sp³-hybridized carbons (Fsp3) is 0.812. The Labute approximate surface area is 121 Å². The Balaban J connectivity index is 1.45. The molecule has 1 spiro atoms. The van der Waals surface area contributed by atoms with E-state index in [-0.39, 0.29) is 5.60 Å².